The topological polar surface area (TPSA) is 86.1 Å². The number of hydrogen-bond donors (Lipinski definition) is 1. The predicted molar refractivity (Wildman–Crippen MR) is 152 cm³/mol. The van der Waals surface area contributed by atoms with E-state index in [1.165, 1.54) is 0 Å². The third-order valence-electron chi connectivity index (χ3n) is 7.09. The molecule has 7 heteroatoms. The number of hydrogen-bond acceptors (Lipinski definition) is 6. The molecule has 3 heterocycles. The van der Waals surface area contributed by atoms with Crippen molar-refractivity contribution in [2.75, 3.05) is 5.32 Å². The molecule has 2 aromatic carbocycles. The van der Waals surface area contributed by atoms with E-state index in [0.29, 0.717) is 47.1 Å². The summed E-state index contributed by atoms with van der Waals surface area (Å²) in [6, 6.07) is 22.0. The van der Waals surface area contributed by atoms with Crippen molar-refractivity contribution in [2.45, 2.75) is 40.5 Å². The number of nitrogens with zero attached hydrogens (tertiary/aromatic N) is 3. The summed E-state index contributed by atoms with van der Waals surface area (Å²) in [4.78, 5) is 13.8. The van der Waals surface area contributed by atoms with Crippen LogP contribution >= 0.6 is 0 Å². The van der Waals surface area contributed by atoms with Crippen LogP contribution in [0.5, 0.6) is 0 Å². The van der Waals surface area contributed by atoms with Gasteiger partial charge in [0.15, 0.2) is 17.4 Å². The van der Waals surface area contributed by atoms with Crippen molar-refractivity contribution in [1.82, 2.24) is 14.9 Å². The molecule has 0 saturated heterocycles. The molecule has 0 bridgehead atoms. The molecule has 0 amide bonds. The van der Waals surface area contributed by atoms with Crippen molar-refractivity contribution in [2.24, 2.45) is 5.41 Å². The number of fused-ring (bicyclic) bond motifs is 1. The van der Waals surface area contributed by atoms with Gasteiger partial charge in [-0.05, 0) is 37.3 Å². The van der Waals surface area contributed by atoms with Crippen molar-refractivity contribution in [3.8, 4) is 17.1 Å². The first kappa shape index (κ1) is 24.7. The van der Waals surface area contributed by atoms with Gasteiger partial charge in [-0.3, -0.25) is 9.36 Å². The normalized spacial score (nSPS) is 14.6. The molecule has 1 aliphatic rings. The minimum Gasteiger partial charge on any atom is -0.360 e. The minimum absolute atomic E-state index is 0.0929. The monoisotopic (exact) mass is 518 g/mol. The Labute approximate surface area is 227 Å². The molecule has 0 unspecified atom stereocenters. The molecule has 39 heavy (non-hydrogen) atoms. The Hall–Kier alpha value is -4.65. The molecule has 7 nitrogen and oxygen atoms in total. The third kappa shape index (κ3) is 4.61. The molecule has 0 aliphatic heterocycles. The number of benzene rings is 2. The highest BCUT2D eigenvalue weighted by molar-refractivity contribution is 6.08. The van der Waals surface area contributed by atoms with Crippen molar-refractivity contribution < 1.29 is 13.8 Å². The molecular formula is C32H30N4O3. The Morgan fingerprint density at radius 3 is 2.31 bits per heavy atom. The summed E-state index contributed by atoms with van der Waals surface area (Å²) in [5.41, 5.74) is 6.38. The van der Waals surface area contributed by atoms with Gasteiger partial charge in [0.2, 0.25) is 0 Å². The Kier molecular flexibility index (Phi) is 6.06. The standard InChI is InChI=1S/C32H30N4O3/c1-20-17-27(35-38-20)36-24-18-32(3,4)19-25(37)28(24)30(31(36)23-13-9-6-10-14-23)33-29-21(2)34-39-26(29)16-15-22-11-7-5-8-12-22/h5-17,33H,18-19H2,1-4H3/b16-15+. The van der Waals surface area contributed by atoms with Crippen LogP contribution in [0.3, 0.4) is 0 Å². The molecule has 6 rings (SSSR count). The molecule has 0 radical (unpaired) electrons. The summed E-state index contributed by atoms with van der Waals surface area (Å²) in [5.74, 6) is 2.02. The first-order valence-electron chi connectivity index (χ1n) is 13.1. The van der Waals surface area contributed by atoms with Gasteiger partial charge in [-0.1, -0.05) is 90.9 Å². The molecule has 0 saturated carbocycles. The predicted octanol–water partition coefficient (Wildman–Crippen LogP) is 7.81. The number of carbonyl (C=O) groups is 1. The number of Topliss-reactive ketones (excluding diaryl/α,β-unsaturated/α-hetero) is 1. The number of carbonyl (C=O) groups excluding carboxylic acids is 1. The van der Waals surface area contributed by atoms with E-state index < -0.39 is 0 Å². The van der Waals surface area contributed by atoms with Gasteiger partial charge in [-0.25, -0.2) is 0 Å². The molecule has 0 fully saturated rings. The van der Waals surface area contributed by atoms with Gasteiger partial charge in [0.25, 0.3) is 0 Å². The molecular weight excluding hydrogens is 488 g/mol. The average Bonchev–Trinajstić information content (AvgIpc) is 3.59. The van der Waals surface area contributed by atoms with Gasteiger partial charge in [0, 0.05) is 23.7 Å². The number of ketones is 1. The summed E-state index contributed by atoms with van der Waals surface area (Å²) >= 11 is 0. The maximum Gasteiger partial charge on any atom is 0.183 e. The highest BCUT2D eigenvalue weighted by Crippen LogP contribution is 2.47. The van der Waals surface area contributed by atoms with Gasteiger partial charge in [0.1, 0.15) is 17.1 Å². The van der Waals surface area contributed by atoms with Crippen LogP contribution in [-0.4, -0.2) is 20.7 Å². The molecule has 3 aromatic heterocycles. The van der Waals surface area contributed by atoms with Crippen molar-refractivity contribution >= 4 is 29.3 Å². The molecule has 1 aliphatic carbocycles. The summed E-state index contributed by atoms with van der Waals surface area (Å²) in [5, 5.41) is 12.2. The Morgan fingerprint density at radius 1 is 0.897 bits per heavy atom. The van der Waals surface area contributed by atoms with Crippen molar-refractivity contribution in [3.63, 3.8) is 0 Å². The van der Waals surface area contributed by atoms with Gasteiger partial charge in [-0.15, -0.1) is 0 Å². The number of nitrogens with one attached hydrogen (secondary N) is 1. The third-order valence-corrected chi connectivity index (χ3v) is 7.09. The van der Waals surface area contributed by atoms with Crippen LogP contribution in [0.1, 0.15) is 59.1 Å². The SMILES string of the molecule is Cc1cc(-n2c3c(c(Nc4c(C)noc4/C=C/c4ccccc4)c2-c2ccccc2)C(=O)CC(C)(C)C3)no1. The highest BCUT2D eigenvalue weighted by atomic mass is 16.5. The van der Waals surface area contributed by atoms with E-state index in [1.54, 1.807) is 0 Å². The van der Waals surface area contributed by atoms with Gasteiger partial charge >= 0.3 is 0 Å². The van der Waals surface area contributed by atoms with E-state index in [0.717, 1.165) is 28.2 Å². The van der Waals surface area contributed by atoms with Crippen LogP contribution in [0.2, 0.25) is 0 Å². The molecule has 0 spiro atoms. The van der Waals surface area contributed by atoms with E-state index in [4.69, 9.17) is 9.05 Å². The lowest BCUT2D eigenvalue weighted by Gasteiger charge is -2.29. The molecule has 0 atom stereocenters. The molecule has 5 aromatic rings. The second-order valence-electron chi connectivity index (χ2n) is 10.9. The summed E-state index contributed by atoms with van der Waals surface area (Å²) < 4.78 is 13.3. The van der Waals surface area contributed by atoms with Gasteiger partial charge in [-0.2, -0.15) is 0 Å². The first-order valence-corrected chi connectivity index (χ1v) is 13.1. The molecule has 1 N–H and O–H groups in total. The second-order valence-corrected chi connectivity index (χ2v) is 10.9. The second kappa shape index (κ2) is 9.58. The maximum absolute atomic E-state index is 13.8. The Morgan fingerprint density at radius 2 is 1.62 bits per heavy atom. The summed E-state index contributed by atoms with van der Waals surface area (Å²) in [7, 11) is 0. The van der Waals surface area contributed by atoms with Crippen LogP contribution in [0.25, 0.3) is 29.2 Å². The van der Waals surface area contributed by atoms with E-state index in [9.17, 15) is 4.79 Å². The van der Waals surface area contributed by atoms with E-state index in [-0.39, 0.29) is 11.2 Å². The maximum atomic E-state index is 13.8. The summed E-state index contributed by atoms with van der Waals surface area (Å²) in [6.45, 7) is 8.02. The number of rotatable bonds is 6. The smallest absolute Gasteiger partial charge is 0.183 e. The Bertz CT molecular complexity index is 1690. The number of aromatic nitrogens is 3. The van der Waals surface area contributed by atoms with Crippen LogP contribution in [-0.2, 0) is 6.42 Å². The fraction of sp³-hybridized carbons (Fsp3) is 0.219. The fourth-order valence-corrected chi connectivity index (χ4v) is 5.34. The van der Waals surface area contributed by atoms with E-state index >= 15 is 0 Å². The summed E-state index contributed by atoms with van der Waals surface area (Å²) in [6.07, 6.45) is 5.05. The highest BCUT2D eigenvalue weighted by Gasteiger charge is 2.39. The van der Waals surface area contributed by atoms with Crippen LogP contribution in [0.15, 0.2) is 75.8 Å². The number of aryl methyl sites for hydroxylation is 2. The minimum atomic E-state index is -0.194. The molecule has 196 valence electrons. The van der Waals surface area contributed by atoms with Crippen LogP contribution in [0.4, 0.5) is 11.4 Å². The van der Waals surface area contributed by atoms with Gasteiger partial charge < -0.3 is 14.4 Å². The Balaban J connectivity index is 1.57. The largest absolute Gasteiger partial charge is 0.360 e. The van der Waals surface area contributed by atoms with Crippen molar-refractivity contribution in [3.05, 3.63) is 101 Å². The van der Waals surface area contributed by atoms with E-state index in [2.05, 4.69) is 34.0 Å². The quantitative estimate of drug-likeness (QED) is 0.247. The van der Waals surface area contributed by atoms with E-state index in [1.807, 2.05) is 92.7 Å². The van der Waals surface area contributed by atoms with Gasteiger partial charge in [0.05, 0.1) is 16.9 Å². The van der Waals surface area contributed by atoms with Crippen LogP contribution in [0, 0.1) is 19.3 Å². The first-order chi connectivity index (χ1) is 18.8. The zero-order valence-electron chi connectivity index (χ0n) is 22.5. The lowest BCUT2D eigenvalue weighted by atomic mass is 9.76. The fourth-order valence-electron chi connectivity index (χ4n) is 5.34. The van der Waals surface area contributed by atoms with Crippen LogP contribution < -0.4 is 5.32 Å². The zero-order chi connectivity index (χ0) is 27.1. The lowest BCUT2D eigenvalue weighted by Crippen LogP contribution is -2.28. The average molecular weight is 519 g/mol. The lowest BCUT2D eigenvalue weighted by molar-refractivity contribution is 0.0911. The number of anilines is 2. The van der Waals surface area contributed by atoms with Crippen molar-refractivity contribution in [1.29, 1.82) is 0 Å². The zero-order valence-corrected chi connectivity index (χ0v) is 22.5.